The highest BCUT2D eigenvalue weighted by atomic mass is 79.9. The molecule has 4 nitrogen and oxygen atoms in total. The number of rotatable bonds is 4. The molecule has 3 saturated heterocycles. The standard InChI is InChI=1S/C19H21BrN2O2S/c20-15-1-3-16(4-2-15)21-19(23)24-18-14-5-8-22(9-6-14)17(18)11-13-7-10-25-12-13/h1-4,7,10,12,14,17-18H,5-6,8-9,11H2,(H,21,23)/t17-,18-/m1/s1. The van der Waals surface area contributed by atoms with Gasteiger partial charge in [-0.05, 0) is 79.0 Å². The fourth-order valence-electron chi connectivity index (χ4n) is 3.98. The zero-order chi connectivity index (χ0) is 17.2. The molecule has 132 valence electrons. The highest BCUT2D eigenvalue weighted by molar-refractivity contribution is 9.10. The van der Waals surface area contributed by atoms with E-state index >= 15 is 0 Å². The summed E-state index contributed by atoms with van der Waals surface area (Å²) in [5.41, 5.74) is 2.09. The van der Waals surface area contributed by atoms with Crippen LogP contribution in [0.5, 0.6) is 0 Å². The molecule has 0 saturated carbocycles. The Labute approximate surface area is 160 Å². The van der Waals surface area contributed by atoms with Gasteiger partial charge >= 0.3 is 6.09 Å². The normalized spacial score (nSPS) is 27.9. The van der Waals surface area contributed by atoms with E-state index in [1.807, 2.05) is 24.3 Å². The Bertz CT molecular complexity index is 712. The highest BCUT2D eigenvalue weighted by Crippen LogP contribution is 2.36. The van der Waals surface area contributed by atoms with Gasteiger partial charge in [0.25, 0.3) is 0 Å². The Morgan fingerprint density at radius 3 is 2.68 bits per heavy atom. The maximum absolute atomic E-state index is 12.4. The van der Waals surface area contributed by atoms with Crippen molar-refractivity contribution in [1.82, 2.24) is 4.90 Å². The molecule has 1 aromatic heterocycles. The van der Waals surface area contributed by atoms with Crippen LogP contribution in [-0.4, -0.2) is 36.2 Å². The number of halogens is 1. The molecule has 3 aliphatic heterocycles. The summed E-state index contributed by atoms with van der Waals surface area (Å²) >= 11 is 5.12. The van der Waals surface area contributed by atoms with E-state index in [0.29, 0.717) is 5.92 Å². The van der Waals surface area contributed by atoms with Gasteiger partial charge in [-0.1, -0.05) is 15.9 Å². The minimum Gasteiger partial charge on any atom is -0.444 e. The summed E-state index contributed by atoms with van der Waals surface area (Å²) in [4.78, 5) is 14.9. The predicted molar refractivity (Wildman–Crippen MR) is 104 cm³/mol. The lowest BCUT2D eigenvalue weighted by molar-refractivity contribution is -0.0740. The third-order valence-electron chi connectivity index (χ3n) is 5.25. The molecule has 3 aliphatic rings. The van der Waals surface area contributed by atoms with Gasteiger partial charge in [0.15, 0.2) is 0 Å². The highest BCUT2D eigenvalue weighted by Gasteiger charge is 2.44. The number of hydrogen-bond donors (Lipinski definition) is 1. The second kappa shape index (κ2) is 7.48. The number of ether oxygens (including phenoxy) is 1. The Morgan fingerprint density at radius 2 is 2.00 bits per heavy atom. The molecule has 6 heteroatoms. The summed E-state index contributed by atoms with van der Waals surface area (Å²) in [7, 11) is 0. The number of thiophene rings is 1. The van der Waals surface area contributed by atoms with Crippen LogP contribution < -0.4 is 5.32 Å². The number of anilines is 1. The van der Waals surface area contributed by atoms with Crippen molar-refractivity contribution in [3.63, 3.8) is 0 Å². The predicted octanol–water partition coefficient (Wildman–Crippen LogP) is 4.76. The first kappa shape index (κ1) is 17.1. The Balaban J connectivity index is 1.44. The minimum atomic E-state index is -0.351. The average Bonchev–Trinajstić information content (AvgIpc) is 3.13. The zero-order valence-electron chi connectivity index (χ0n) is 13.9. The summed E-state index contributed by atoms with van der Waals surface area (Å²) in [5.74, 6) is 0.476. The average molecular weight is 421 g/mol. The van der Waals surface area contributed by atoms with E-state index in [1.54, 1.807) is 11.3 Å². The molecule has 1 N–H and O–H groups in total. The minimum absolute atomic E-state index is 0.0298. The van der Waals surface area contributed by atoms with E-state index in [2.05, 4.69) is 43.0 Å². The number of nitrogens with one attached hydrogen (secondary N) is 1. The zero-order valence-corrected chi connectivity index (χ0v) is 16.3. The fourth-order valence-corrected chi connectivity index (χ4v) is 4.92. The molecule has 2 bridgehead atoms. The molecule has 1 amide bonds. The number of nitrogens with zero attached hydrogens (tertiary/aromatic N) is 1. The van der Waals surface area contributed by atoms with Crippen LogP contribution in [0.15, 0.2) is 45.6 Å². The number of benzene rings is 1. The number of amides is 1. The maximum Gasteiger partial charge on any atom is 0.411 e. The van der Waals surface area contributed by atoms with Crippen molar-refractivity contribution in [2.45, 2.75) is 31.4 Å². The summed E-state index contributed by atoms with van der Waals surface area (Å²) in [6.45, 7) is 2.24. The maximum atomic E-state index is 12.4. The van der Waals surface area contributed by atoms with Crippen LogP contribution in [-0.2, 0) is 11.2 Å². The lowest BCUT2D eigenvalue weighted by Crippen LogP contribution is -2.60. The van der Waals surface area contributed by atoms with Gasteiger partial charge in [0, 0.05) is 16.1 Å². The third-order valence-corrected chi connectivity index (χ3v) is 6.51. The molecule has 2 aromatic rings. The molecular formula is C19H21BrN2O2S. The van der Waals surface area contributed by atoms with E-state index in [0.717, 1.165) is 42.5 Å². The first-order chi connectivity index (χ1) is 12.2. The number of hydrogen-bond acceptors (Lipinski definition) is 4. The molecule has 0 aliphatic carbocycles. The van der Waals surface area contributed by atoms with E-state index in [4.69, 9.17) is 4.74 Å². The lowest BCUT2D eigenvalue weighted by Gasteiger charge is -2.50. The van der Waals surface area contributed by atoms with Crippen molar-refractivity contribution in [3.05, 3.63) is 51.1 Å². The number of fused-ring (bicyclic) bond motifs is 3. The topological polar surface area (TPSA) is 41.6 Å². The van der Waals surface area contributed by atoms with E-state index in [-0.39, 0.29) is 18.2 Å². The van der Waals surface area contributed by atoms with Crippen LogP contribution in [0, 0.1) is 5.92 Å². The molecule has 25 heavy (non-hydrogen) atoms. The second-order valence-corrected chi connectivity index (χ2v) is 8.47. The van der Waals surface area contributed by atoms with Crippen molar-refractivity contribution in [3.8, 4) is 0 Å². The van der Waals surface area contributed by atoms with Gasteiger partial charge in [0.1, 0.15) is 6.10 Å². The van der Waals surface area contributed by atoms with Gasteiger partial charge in [-0.2, -0.15) is 11.3 Å². The number of piperidine rings is 3. The Kier molecular flexibility index (Phi) is 5.10. The summed E-state index contributed by atoms with van der Waals surface area (Å²) < 4.78 is 6.91. The summed E-state index contributed by atoms with van der Waals surface area (Å²) in [6, 6.07) is 10.0. The SMILES string of the molecule is O=C(Nc1ccc(Br)cc1)O[C@@H]1C2CCN(CC2)[C@@H]1Cc1ccsc1. The van der Waals surface area contributed by atoms with Gasteiger partial charge in [0.2, 0.25) is 0 Å². The molecule has 4 heterocycles. The molecule has 0 radical (unpaired) electrons. The second-order valence-electron chi connectivity index (χ2n) is 6.78. The van der Waals surface area contributed by atoms with Crippen molar-refractivity contribution in [1.29, 1.82) is 0 Å². The lowest BCUT2D eigenvalue weighted by atomic mass is 9.78. The third kappa shape index (κ3) is 3.91. The van der Waals surface area contributed by atoms with Gasteiger partial charge < -0.3 is 4.74 Å². The van der Waals surface area contributed by atoms with Crippen molar-refractivity contribution < 1.29 is 9.53 Å². The van der Waals surface area contributed by atoms with E-state index in [1.165, 1.54) is 5.56 Å². The van der Waals surface area contributed by atoms with Gasteiger partial charge in [-0.15, -0.1) is 0 Å². The fraction of sp³-hybridized carbons (Fsp3) is 0.421. The quantitative estimate of drug-likeness (QED) is 0.774. The molecule has 0 spiro atoms. The van der Waals surface area contributed by atoms with Crippen LogP contribution in [0.4, 0.5) is 10.5 Å². The molecule has 2 atom stereocenters. The first-order valence-electron chi connectivity index (χ1n) is 8.67. The van der Waals surface area contributed by atoms with Crippen molar-refractivity contribution in [2.24, 2.45) is 5.92 Å². The Hall–Kier alpha value is -1.37. The van der Waals surface area contributed by atoms with Gasteiger partial charge in [0.05, 0.1) is 6.04 Å². The van der Waals surface area contributed by atoms with Crippen LogP contribution in [0.25, 0.3) is 0 Å². The monoisotopic (exact) mass is 420 g/mol. The van der Waals surface area contributed by atoms with Crippen LogP contribution in [0.2, 0.25) is 0 Å². The van der Waals surface area contributed by atoms with Gasteiger partial charge in [-0.25, -0.2) is 4.79 Å². The number of carbonyl (C=O) groups is 1. The van der Waals surface area contributed by atoms with Crippen LogP contribution >= 0.6 is 27.3 Å². The molecule has 1 aromatic carbocycles. The van der Waals surface area contributed by atoms with Crippen molar-refractivity contribution >= 4 is 39.0 Å². The summed E-state index contributed by atoms with van der Waals surface area (Å²) in [6.07, 6.45) is 2.82. The molecule has 3 fully saturated rings. The van der Waals surface area contributed by atoms with Crippen molar-refractivity contribution in [2.75, 3.05) is 18.4 Å². The van der Waals surface area contributed by atoms with Gasteiger partial charge in [-0.3, -0.25) is 10.2 Å². The largest absolute Gasteiger partial charge is 0.444 e. The van der Waals surface area contributed by atoms with Crippen LogP contribution in [0.3, 0.4) is 0 Å². The molecular weight excluding hydrogens is 400 g/mol. The molecule has 0 unspecified atom stereocenters. The number of carbonyl (C=O) groups excluding carboxylic acids is 1. The molecule has 5 rings (SSSR count). The first-order valence-corrected chi connectivity index (χ1v) is 10.4. The van der Waals surface area contributed by atoms with E-state index in [9.17, 15) is 4.79 Å². The summed E-state index contributed by atoms with van der Waals surface area (Å²) in [5, 5.41) is 7.17. The Morgan fingerprint density at radius 1 is 1.24 bits per heavy atom. The van der Waals surface area contributed by atoms with E-state index < -0.39 is 0 Å². The van der Waals surface area contributed by atoms with Crippen LogP contribution in [0.1, 0.15) is 18.4 Å². The smallest absolute Gasteiger partial charge is 0.411 e.